The molecule has 10 rings (SSSR count). The number of rotatable bonds is 5. The zero-order valence-corrected chi connectivity index (χ0v) is 28.3. The third kappa shape index (κ3) is 4.60. The number of hydrogen-bond acceptors (Lipinski definition) is 4. The van der Waals surface area contributed by atoms with Crippen molar-refractivity contribution < 1.29 is 4.42 Å². The first-order valence-corrected chi connectivity index (χ1v) is 17.4. The normalized spacial score (nSPS) is 13.1. The van der Waals surface area contributed by atoms with Gasteiger partial charge in [0.25, 0.3) is 0 Å². The lowest BCUT2D eigenvalue weighted by atomic mass is 9.82. The van der Waals surface area contributed by atoms with Gasteiger partial charge in [-0.15, -0.1) is 0 Å². The van der Waals surface area contributed by atoms with Crippen LogP contribution >= 0.6 is 0 Å². The number of fused-ring (bicyclic) bond motifs is 7. The van der Waals surface area contributed by atoms with E-state index in [0.717, 1.165) is 66.6 Å². The predicted molar refractivity (Wildman–Crippen MR) is 210 cm³/mol. The number of anilines is 3. The van der Waals surface area contributed by atoms with E-state index in [9.17, 15) is 0 Å². The van der Waals surface area contributed by atoms with Crippen molar-refractivity contribution in [2.45, 2.75) is 19.3 Å². The average Bonchev–Trinajstić information content (AvgIpc) is 3.66. The van der Waals surface area contributed by atoms with Crippen molar-refractivity contribution in [1.82, 2.24) is 9.97 Å². The highest BCUT2D eigenvalue weighted by Crippen LogP contribution is 2.51. The molecule has 0 amide bonds. The average molecular weight is 656 g/mol. The molecule has 1 aliphatic rings. The number of aromatic nitrogens is 2. The summed E-state index contributed by atoms with van der Waals surface area (Å²) in [5.74, 6) is 0.591. The van der Waals surface area contributed by atoms with E-state index in [0.29, 0.717) is 5.95 Å². The van der Waals surface area contributed by atoms with Gasteiger partial charge in [0.15, 0.2) is 0 Å². The van der Waals surface area contributed by atoms with Crippen LogP contribution in [0.1, 0.15) is 25.0 Å². The third-order valence-electron chi connectivity index (χ3n) is 10.5. The second-order valence-corrected chi connectivity index (χ2v) is 13.8. The van der Waals surface area contributed by atoms with Crippen molar-refractivity contribution in [3.8, 4) is 33.5 Å². The Morgan fingerprint density at radius 1 is 0.490 bits per heavy atom. The van der Waals surface area contributed by atoms with Gasteiger partial charge < -0.3 is 4.42 Å². The summed E-state index contributed by atoms with van der Waals surface area (Å²) in [6.07, 6.45) is 0. The monoisotopic (exact) mass is 655 g/mol. The zero-order valence-electron chi connectivity index (χ0n) is 28.3. The Bertz CT molecular complexity index is 2780. The molecular formula is C47H33N3O. The highest BCUT2D eigenvalue weighted by Gasteiger charge is 2.36. The summed E-state index contributed by atoms with van der Waals surface area (Å²) in [5.41, 5.74) is 13.6. The van der Waals surface area contributed by atoms with Gasteiger partial charge >= 0.3 is 0 Å². The van der Waals surface area contributed by atoms with Crippen LogP contribution in [-0.2, 0) is 5.41 Å². The van der Waals surface area contributed by atoms with E-state index >= 15 is 0 Å². The van der Waals surface area contributed by atoms with Gasteiger partial charge in [0, 0.05) is 44.5 Å². The molecule has 0 saturated heterocycles. The molecule has 9 aromatic rings. The smallest absolute Gasteiger partial charge is 0.235 e. The molecule has 0 atom stereocenters. The number of furan rings is 1. The molecule has 0 spiro atoms. The fourth-order valence-electron chi connectivity index (χ4n) is 7.97. The first-order chi connectivity index (χ1) is 25.0. The Balaban J connectivity index is 1.30. The van der Waals surface area contributed by atoms with Gasteiger partial charge in [0.1, 0.15) is 11.2 Å². The molecule has 1 aliphatic carbocycles. The van der Waals surface area contributed by atoms with E-state index in [1.807, 2.05) is 24.3 Å². The molecule has 0 saturated carbocycles. The maximum Gasteiger partial charge on any atom is 0.235 e. The molecule has 0 aliphatic heterocycles. The van der Waals surface area contributed by atoms with E-state index in [1.165, 1.54) is 22.3 Å². The lowest BCUT2D eigenvalue weighted by Crippen LogP contribution is -2.18. The van der Waals surface area contributed by atoms with Gasteiger partial charge in [-0.05, 0) is 58.1 Å². The SMILES string of the molecule is CC1(C)c2ccccc2-c2ccc(N(c3nc(-c4ccccc4)c4ccccc4n3)c3cc4oc5ccccc5c4cc3-c3ccccc3)cc21. The van der Waals surface area contributed by atoms with E-state index in [1.54, 1.807) is 0 Å². The molecule has 7 aromatic carbocycles. The Labute approximate surface area is 296 Å². The van der Waals surface area contributed by atoms with Crippen LogP contribution < -0.4 is 4.90 Å². The summed E-state index contributed by atoms with van der Waals surface area (Å²) >= 11 is 0. The lowest BCUT2D eigenvalue weighted by Gasteiger charge is -2.28. The molecule has 4 nitrogen and oxygen atoms in total. The highest BCUT2D eigenvalue weighted by atomic mass is 16.3. The van der Waals surface area contributed by atoms with Crippen LogP contribution in [0, 0.1) is 0 Å². The number of nitrogens with zero attached hydrogens (tertiary/aromatic N) is 3. The summed E-state index contributed by atoms with van der Waals surface area (Å²) in [4.78, 5) is 13.0. The topological polar surface area (TPSA) is 42.2 Å². The first-order valence-electron chi connectivity index (χ1n) is 17.4. The summed E-state index contributed by atoms with van der Waals surface area (Å²) in [5, 5.41) is 3.17. The lowest BCUT2D eigenvalue weighted by molar-refractivity contribution is 0.660. The molecule has 0 N–H and O–H groups in total. The largest absolute Gasteiger partial charge is 0.456 e. The molecule has 0 radical (unpaired) electrons. The van der Waals surface area contributed by atoms with Crippen molar-refractivity contribution in [2.24, 2.45) is 0 Å². The van der Waals surface area contributed by atoms with Crippen molar-refractivity contribution in [3.63, 3.8) is 0 Å². The Morgan fingerprint density at radius 2 is 1.16 bits per heavy atom. The quantitative estimate of drug-likeness (QED) is 0.185. The molecule has 4 heteroatoms. The minimum Gasteiger partial charge on any atom is -0.456 e. The molecule has 51 heavy (non-hydrogen) atoms. The number of hydrogen-bond donors (Lipinski definition) is 0. The van der Waals surface area contributed by atoms with Crippen molar-refractivity contribution >= 4 is 50.2 Å². The summed E-state index contributed by atoms with van der Waals surface area (Å²) in [6, 6.07) is 57.6. The van der Waals surface area contributed by atoms with Crippen LogP contribution in [0.2, 0.25) is 0 Å². The van der Waals surface area contributed by atoms with Crippen LogP contribution in [-0.4, -0.2) is 9.97 Å². The second kappa shape index (κ2) is 11.3. The Kier molecular flexibility index (Phi) is 6.49. The third-order valence-corrected chi connectivity index (χ3v) is 10.5. The van der Waals surface area contributed by atoms with Crippen LogP contribution in [0.3, 0.4) is 0 Å². The van der Waals surface area contributed by atoms with Gasteiger partial charge in [-0.25, -0.2) is 9.97 Å². The Hall–Kier alpha value is -6.52. The standard InChI is InChI=1S/C47H33N3O/c1-47(2)39-22-12-9-19-33(39)34-26-25-32(27-40(34)47)50(46-48-41-23-13-10-21-36(41)45(49-46)31-17-7-4-8-18-31)42-29-44-38(35-20-11-14-24-43(35)51-44)28-37(42)30-15-5-3-6-16-30/h3-29H,1-2H3. The van der Waals surface area contributed by atoms with E-state index < -0.39 is 0 Å². The van der Waals surface area contributed by atoms with E-state index in [-0.39, 0.29) is 5.41 Å². The summed E-state index contributed by atoms with van der Waals surface area (Å²) in [7, 11) is 0. The van der Waals surface area contributed by atoms with Crippen LogP contribution in [0.4, 0.5) is 17.3 Å². The van der Waals surface area contributed by atoms with Crippen molar-refractivity contribution in [2.75, 3.05) is 4.90 Å². The first kappa shape index (κ1) is 29.4. The Morgan fingerprint density at radius 3 is 1.98 bits per heavy atom. The highest BCUT2D eigenvalue weighted by molar-refractivity contribution is 6.09. The maximum atomic E-state index is 6.55. The van der Waals surface area contributed by atoms with Crippen molar-refractivity contribution in [1.29, 1.82) is 0 Å². The molecule has 2 heterocycles. The van der Waals surface area contributed by atoms with Crippen LogP contribution in [0.25, 0.3) is 66.4 Å². The van der Waals surface area contributed by atoms with Crippen molar-refractivity contribution in [3.05, 3.63) is 175 Å². The van der Waals surface area contributed by atoms with Gasteiger partial charge in [0.05, 0.1) is 16.9 Å². The molecule has 0 fully saturated rings. The fourth-order valence-corrected chi connectivity index (χ4v) is 7.97. The molecule has 0 bridgehead atoms. The zero-order chi connectivity index (χ0) is 34.1. The number of benzene rings is 7. The van der Waals surface area contributed by atoms with Crippen LogP contribution in [0.5, 0.6) is 0 Å². The van der Waals surface area contributed by atoms with Gasteiger partial charge in [0.2, 0.25) is 5.95 Å². The predicted octanol–water partition coefficient (Wildman–Crippen LogP) is 12.6. The maximum absolute atomic E-state index is 6.55. The van der Waals surface area contributed by atoms with E-state index in [4.69, 9.17) is 14.4 Å². The molecule has 2 aromatic heterocycles. The minimum atomic E-state index is -0.183. The van der Waals surface area contributed by atoms with Gasteiger partial charge in [-0.3, -0.25) is 4.90 Å². The summed E-state index contributed by atoms with van der Waals surface area (Å²) < 4.78 is 6.55. The fraction of sp³-hybridized carbons (Fsp3) is 0.0638. The van der Waals surface area contributed by atoms with E-state index in [2.05, 4.69) is 158 Å². The molecule has 242 valence electrons. The van der Waals surface area contributed by atoms with Crippen LogP contribution in [0.15, 0.2) is 168 Å². The summed E-state index contributed by atoms with van der Waals surface area (Å²) in [6.45, 7) is 4.64. The molecule has 0 unspecified atom stereocenters. The number of para-hydroxylation sites is 2. The van der Waals surface area contributed by atoms with Gasteiger partial charge in [-0.2, -0.15) is 0 Å². The second-order valence-electron chi connectivity index (χ2n) is 13.8. The van der Waals surface area contributed by atoms with Gasteiger partial charge in [-0.1, -0.05) is 141 Å². The molecular weight excluding hydrogens is 623 g/mol. The minimum absolute atomic E-state index is 0.183.